The number of carbonyl (C=O) groups excluding carboxylic acids is 3. The van der Waals surface area contributed by atoms with Crippen molar-refractivity contribution in [3.05, 3.63) is 71.3 Å². The maximum Gasteiger partial charge on any atom is 0.330 e. The van der Waals surface area contributed by atoms with Crippen molar-refractivity contribution >= 4 is 23.7 Å². The molecule has 0 aliphatic heterocycles. The summed E-state index contributed by atoms with van der Waals surface area (Å²) in [5.41, 5.74) is 12.5. The first-order chi connectivity index (χ1) is 14.3. The van der Waals surface area contributed by atoms with E-state index < -0.39 is 23.9 Å². The molecule has 0 aliphatic carbocycles. The fourth-order valence-corrected chi connectivity index (χ4v) is 2.77. The number of rotatable bonds is 9. The predicted molar refractivity (Wildman–Crippen MR) is 113 cm³/mol. The van der Waals surface area contributed by atoms with Crippen LogP contribution in [0.4, 0.5) is 0 Å². The van der Waals surface area contributed by atoms with Crippen molar-refractivity contribution in [1.29, 1.82) is 5.41 Å². The molecule has 8 heteroatoms. The third-order valence-electron chi connectivity index (χ3n) is 4.55. The zero-order chi connectivity index (χ0) is 22.1. The van der Waals surface area contributed by atoms with Gasteiger partial charge < -0.3 is 21.5 Å². The zero-order valence-electron chi connectivity index (χ0n) is 16.8. The van der Waals surface area contributed by atoms with Crippen LogP contribution in [0.2, 0.25) is 0 Å². The molecule has 0 fully saturated rings. The Morgan fingerprint density at radius 2 is 1.70 bits per heavy atom. The standard InChI is InChI=1S/C22H26N4O4/c1-14(20(28)30-21(29)18(23)11-6-12-26-22(24)25)16-9-5-10-17(13-16)19(27)15-7-3-2-4-8-15/h2-5,7-10,13-14,18H,6,11-12,23H2,1H3,(H4,24,25,26)/t14?,18-/m0/s1. The molecule has 0 radical (unpaired) electrons. The van der Waals surface area contributed by atoms with E-state index in [9.17, 15) is 14.4 Å². The highest BCUT2D eigenvalue weighted by atomic mass is 16.6. The van der Waals surface area contributed by atoms with Gasteiger partial charge in [0.25, 0.3) is 0 Å². The second-order valence-electron chi connectivity index (χ2n) is 6.87. The van der Waals surface area contributed by atoms with Gasteiger partial charge in [0, 0.05) is 17.7 Å². The normalized spacial score (nSPS) is 12.5. The molecule has 0 amide bonds. The number of guanidine groups is 1. The van der Waals surface area contributed by atoms with Gasteiger partial charge in [-0.3, -0.25) is 15.0 Å². The minimum Gasteiger partial charge on any atom is -0.392 e. The van der Waals surface area contributed by atoms with Crippen LogP contribution in [0.25, 0.3) is 0 Å². The van der Waals surface area contributed by atoms with E-state index in [1.807, 2.05) is 6.07 Å². The lowest BCUT2D eigenvalue weighted by molar-refractivity contribution is -0.161. The molecule has 0 saturated heterocycles. The van der Waals surface area contributed by atoms with Gasteiger partial charge in [-0.05, 0) is 31.4 Å². The maximum atomic E-state index is 12.6. The van der Waals surface area contributed by atoms with E-state index in [-0.39, 0.29) is 18.2 Å². The number of ketones is 1. The van der Waals surface area contributed by atoms with Crippen LogP contribution < -0.4 is 16.8 Å². The summed E-state index contributed by atoms with van der Waals surface area (Å²) in [6.45, 7) is 1.99. The van der Waals surface area contributed by atoms with E-state index in [0.717, 1.165) is 0 Å². The molecule has 2 rings (SSSR count). The van der Waals surface area contributed by atoms with Crippen molar-refractivity contribution in [3.63, 3.8) is 0 Å². The maximum absolute atomic E-state index is 12.6. The summed E-state index contributed by atoms with van der Waals surface area (Å²) >= 11 is 0. The van der Waals surface area contributed by atoms with Gasteiger partial charge in [-0.1, -0.05) is 48.5 Å². The van der Waals surface area contributed by atoms with E-state index in [2.05, 4.69) is 5.32 Å². The Balaban J connectivity index is 1.96. The monoisotopic (exact) mass is 410 g/mol. The smallest absolute Gasteiger partial charge is 0.330 e. The van der Waals surface area contributed by atoms with Crippen LogP contribution in [0.5, 0.6) is 0 Å². The van der Waals surface area contributed by atoms with Crippen LogP contribution in [0.1, 0.15) is 47.2 Å². The molecule has 158 valence electrons. The van der Waals surface area contributed by atoms with Crippen molar-refractivity contribution < 1.29 is 19.1 Å². The molecule has 0 spiro atoms. The largest absolute Gasteiger partial charge is 0.392 e. The molecule has 6 N–H and O–H groups in total. The van der Waals surface area contributed by atoms with Gasteiger partial charge >= 0.3 is 11.9 Å². The summed E-state index contributed by atoms with van der Waals surface area (Å²) < 4.78 is 4.92. The van der Waals surface area contributed by atoms with E-state index in [0.29, 0.717) is 29.7 Å². The third-order valence-corrected chi connectivity index (χ3v) is 4.55. The topological polar surface area (TPSA) is 148 Å². The number of esters is 2. The average molecular weight is 410 g/mol. The van der Waals surface area contributed by atoms with Gasteiger partial charge in [0.15, 0.2) is 11.7 Å². The Morgan fingerprint density at radius 1 is 1.03 bits per heavy atom. The highest BCUT2D eigenvalue weighted by Gasteiger charge is 2.24. The molecule has 0 saturated carbocycles. The Labute approximate surface area is 175 Å². The number of nitrogens with two attached hydrogens (primary N) is 2. The molecule has 0 aromatic heterocycles. The lowest BCUT2D eigenvalue weighted by atomic mass is 9.96. The van der Waals surface area contributed by atoms with Gasteiger partial charge in [0.05, 0.1) is 5.92 Å². The summed E-state index contributed by atoms with van der Waals surface area (Å²) in [7, 11) is 0. The molecule has 0 heterocycles. The van der Waals surface area contributed by atoms with Crippen LogP contribution in [-0.2, 0) is 14.3 Å². The van der Waals surface area contributed by atoms with Crippen molar-refractivity contribution in [1.82, 2.24) is 5.32 Å². The zero-order valence-corrected chi connectivity index (χ0v) is 16.8. The van der Waals surface area contributed by atoms with Crippen LogP contribution in [0.15, 0.2) is 54.6 Å². The summed E-state index contributed by atoms with van der Waals surface area (Å²) in [6.07, 6.45) is 0.769. The number of carbonyl (C=O) groups is 3. The van der Waals surface area contributed by atoms with Gasteiger partial charge in [0.1, 0.15) is 6.04 Å². The second-order valence-corrected chi connectivity index (χ2v) is 6.87. The van der Waals surface area contributed by atoms with Crippen LogP contribution in [-0.4, -0.2) is 36.3 Å². The lowest BCUT2D eigenvalue weighted by Gasteiger charge is -2.14. The van der Waals surface area contributed by atoms with Crippen molar-refractivity contribution in [2.24, 2.45) is 11.5 Å². The SMILES string of the molecule is CC(C(=O)OC(=O)[C@@H](N)CCCNC(=N)N)c1cccc(C(=O)c2ccccc2)c1. The third kappa shape index (κ3) is 6.52. The summed E-state index contributed by atoms with van der Waals surface area (Å²) in [5, 5.41) is 9.66. The molecule has 0 bridgehead atoms. The van der Waals surface area contributed by atoms with Gasteiger partial charge in [-0.25, -0.2) is 4.79 Å². The molecular formula is C22H26N4O4. The quantitative estimate of drug-likeness (QED) is 0.123. The molecule has 8 nitrogen and oxygen atoms in total. The summed E-state index contributed by atoms with van der Waals surface area (Å²) in [5.74, 6) is -2.62. The van der Waals surface area contributed by atoms with Gasteiger partial charge in [-0.15, -0.1) is 0 Å². The molecule has 30 heavy (non-hydrogen) atoms. The number of nitrogens with one attached hydrogen (secondary N) is 2. The average Bonchev–Trinajstić information content (AvgIpc) is 2.75. The number of benzene rings is 2. The van der Waals surface area contributed by atoms with Crippen molar-refractivity contribution in [2.75, 3.05) is 6.54 Å². The summed E-state index contributed by atoms with van der Waals surface area (Å²) in [6, 6.07) is 14.6. The highest BCUT2D eigenvalue weighted by Crippen LogP contribution is 2.20. The van der Waals surface area contributed by atoms with Gasteiger partial charge in [0.2, 0.25) is 0 Å². The molecule has 2 aromatic rings. The Morgan fingerprint density at radius 3 is 2.37 bits per heavy atom. The fourth-order valence-electron chi connectivity index (χ4n) is 2.77. The molecule has 0 aliphatic rings. The number of hydrogen-bond donors (Lipinski definition) is 4. The first-order valence-electron chi connectivity index (χ1n) is 9.58. The lowest BCUT2D eigenvalue weighted by Crippen LogP contribution is -2.36. The fraction of sp³-hybridized carbons (Fsp3) is 0.273. The van der Waals surface area contributed by atoms with E-state index in [1.54, 1.807) is 55.5 Å². The number of ether oxygens (including phenoxy) is 1. The summed E-state index contributed by atoms with van der Waals surface area (Å²) in [4.78, 5) is 37.1. The Bertz CT molecular complexity index is 914. The van der Waals surface area contributed by atoms with E-state index in [1.165, 1.54) is 0 Å². The first kappa shape index (κ1) is 22.8. The van der Waals surface area contributed by atoms with Crippen LogP contribution >= 0.6 is 0 Å². The van der Waals surface area contributed by atoms with Gasteiger partial charge in [-0.2, -0.15) is 0 Å². The molecule has 1 unspecified atom stereocenters. The van der Waals surface area contributed by atoms with E-state index >= 15 is 0 Å². The van der Waals surface area contributed by atoms with Crippen molar-refractivity contribution in [3.8, 4) is 0 Å². The Kier molecular flexibility index (Phi) is 8.25. The van der Waals surface area contributed by atoms with Crippen molar-refractivity contribution in [2.45, 2.75) is 31.7 Å². The predicted octanol–water partition coefficient (Wildman–Crippen LogP) is 1.68. The molecule has 2 atom stereocenters. The van der Waals surface area contributed by atoms with Crippen LogP contribution in [0.3, 0.4) is 0 Å². The minimum absolute atomic E-state index is 0.157. The van der Waals surface area contributed by atoms with E-state index in [4.69, 9.17) is 21.6 Å². The first-order valence-corrected chi connectivity index (χ1v) is 9.58. The molecular weight excluding hydrogens is 384 g/mol. The second kappa shape index (κ2) is 10.9. The molecule has 2 aromatic carbocycles. The minimum atomic E-state index is -0.957. The Hall–Kier alpha value is -3.52. The van der Waals surface area contributed by atoms with Crippen LogP contribution in [0, 0.1) is 5.41 Å². The number of hydrogen-bond acceptors (Lipinski definition) is 6. The highest BCUT2D eigenvalue weighted by molar-refractivity contribution is 6.09.